The predicted octanol–water partition coefficient (Wildman–Crippen LogP) is 4.31. The van der Waals surface area contributed by atoms with E-state index in [-0.39, 0.29) is 28.0 Å². The summed E-state index contributed by atoms with van der Waals surface area (Å²) in [5.74, 6) is -2.92. The number of ether oxygens (including phenoxy) is 1. The summed E-state index contributed by atoms with van der Waals surface area (Å²) >= 11 is 0. The molecule has 0 radical (unpaired) electrons. The van der Waals surface area contributed by atoms with Gasteiger partial charge in [0.2, 0.25) is 0 Å². The van der Waals surface area contributed by atoms with Crippen LogP contribution in [0.25, 0.3) is 6.08 Å². The third-order valence-electron chi connectivity index (χ3n) is 6.29. The Hall–Kier alpha value is -2.98. The summed E-state index contributed by atoms with van der Waals surface area (Å²) in [6.07, 6.45) is 3.96. The number of rotatable bonds is 9. The molecule has 34 heavy (non-hydrogen) atoms. The Morgan fingerprint density at radius 3 is 2.68 bits per heavy atom. The summed E-state index contributed by atoms with van der Waals surface area (Å²) < 4.78 is 63.1. The van der Waals surface area contributed by atoms with Gasteiger partial charge in [0.05, 0.1) is 11.5 Å². The van der Waals surface area contributed by atoms with Crippen LogP contribution < -0.4 is 9.46 Å². The van der Waals surface area contributed by atoms with Gasteiger partial charge in [0.25, 0.3) is 10.0 Å². The summed E-state index contributed by atoms with van der Waals surface area (Å²) in [6, 6.07) is 4.24. The normalized spacial score (nSPS) is 19.0. The van der Waals surface area contributed by atoms with Gasteiger partial charge in [0.1, 0.15) is 28.6 Å². The molecule has 0 aromatic heterocycles. The Labute approximate surface area is 197 Å². The number of nitrogens with one attached hydrogen (secondary N) is 1. The number of carbonyl (C=O) groups is 1. The number of sulfonamides is 1. The summed E-state index contributed by atoms with van der Waals surface area (Å²) in [4.78, 5) is 13.8. The quantitative estimate of drug-likeness (QED) is 0.542. The highest BCUT2D eigenvalue weighted by Crippen LogP contribution is 2.55. The summed E-state index contributed by atoms with van der Waals surface area (Å²) in [5, 5.41) is 9.77. The van der Waals surface area contributed by atoms with Crippen molar-refractivity contribution in [2.24, 2.45) is 5.92 Å². The van der Waals surface area contributed by atoms with E-state index >= 15 is 4.39 Å². The number of hydrogen-bond donors (Lipinski definition) is 2. The number of carboxylic acids is 1. The van der Waals surface area contributed by atoms with Crippen molar-refractivity contribution in [2.75, 3.05) is 31.0 Å². The van der Waals surface area contributed by atoms with Gasteiger partial charge in [0, 0.05) is 18.0 Å². The number of carboxylic acid groups (broad SMARTS) is 1. The van der Waals surface area contributed by atoms with Crippen LogP contribution in [0.2, 0.25) is 0 Å². The standard InChI is InChI=1S/C24H26F2N2O5S/c1-3-28(4-2)9-5-6-14-10-16(25)7-8-20(14)34(31,32)27-22-19(26)12-18-17-11-15(17)13-33-23(18)21(22)24(29)30/h5-8,10,12,15,17,27H,3-4,9,11,13H2,1-2H3,(H,29,30). The number of fused-ring (bicyclic) bond motifs is 3. The minimum atomic E-state index is -4.47. The first-order chi connectivity index (χ1) is 16.2. The Kier molecular flexibility index (Phi) is 6.64. The lowest BCUT2D eigenvalue weighted by atomic mass is 10.00. The molecule has 2 atom stereocenters. The second-order valence-corrected chi connectivity index (χ2v) is 10.1. The van der Waals surface area contributed by atoms with Gasteiger partial charge in [-0.25, -0.2) is 22.0 Å². The van der Waals surface area contributed by atoms with Crippen LogP contribution in [-0.2, 0) is 10.0 Å². The van der Waals surface area contributed by atoms with Crippen molar-refractivity contribution in [3.05, 3.63) is 58.7 Å². The number of benzene rings is 2. The van der Waals surface area contributed by atoms with E-state index in [1.54, 1.807) is 6.08 Å². The second-order valence-electron chi connectivity index (χ2n) is 8.42. The lowest BCUT2D eigenvalue weighted by Gasteiger charge is -2.22. The van der Waals surface area contributed by atoms with E-state index < -0.39 is 38.9 Å². The third-order valence-corrected chi connectivity index (χ3v) is 7.71. The number of anilines is 1. The van der Waals surface area contributed by atoms with Gasteiger partial charge in [-0.1, -0.05) is 26.0 Å². The maximum atomic E-state index is 15.0. The number of likely N-dealkylation sites (N-methyl/N-ethyl adjacent to an activating group) is 1. The monoisotopic (exact) mass is 492 g/mol. The second kappa shape index (κ2) is 9.34. The maximum absolute atomic E-state index is 15.0. The first-order valence-corrected chi connectivity index (χ1v) is 12.6. The highest BCUT2D eigenvalue weighted by molar-refractivity contribution is 7.92. The Morgan fingerprint density at radius 2 is 2.00 bits per heavy atom. The van der Waals surface area contributed by atoms with Crippen molar-refractivity contribution in [3.8, 4) is 5.75 Å². The van der Waals surface area contributed by atoms with Crippen molar-refractivity contribution >= 4 is 27.8 Å². The lowest BCUT2D eigenvalue weighted by molar-refractivity contribution is 0.0691. The van der Waals surface area contributed by atoms with Crippen molar-refractivity contribution < 1.29 is 31.8 Å². The highest BCUT2D eigenvalue weighted by Gasteiger charge is 2.46. The van der Waals surface area contributed by atoms with Crippen LogP contribution in [-0.4, -0.2) is 50.6 Å². The van der Waals surface area contributed by atoms with Gasteiger partial charge < -0.3 is 14.7 Å². The molecule has 0 spiro atoms. The minimum Gasteiger partial charge on any atom is -0.492 e. The van der Waals surface area contributed by atoms with Crippen LogP contribution in [0.1, 0.15) is 47.7 Å². The van der Waals surface area contributed by atoms with Gasteiger partial charge in [-0.2, -0.15) is 0 Å². The molecule has 2 aliphatic rings. The molecule has 1 fully saturated rings. The summed E-state index contributed by atoms with van der Waals surface area (Å²) in [7, 11) is -4.47. The SMILES string of the molecule is CCN(CC)CC=Cc1cc(F)ccc1S(=O)(=O)Nc1c(F)cc2c(c1C(=O)O)OCC1CC21. The third kappa shape index (κ3) is 4.65. The van der Waals surface area contributed by atoms with E-state index in [0.29, 0.717) is 18.7 Å². The van der Waals surface area contributed by atoms with Gasteiger partial charge in [-0.15, -0.1) is 0 Å². The molecule has 0 amide bonds. The minimum absolute atomic E-state index is 0.0104. The number of nitrogens with zero attached hydrogens (tertiary/aromatic N) is 1. The van der Waals surface area contributed by atoms with Crippen LogP contribution in [0, 0.1) is 17.6 Å². The highest BCUT2D eigenvalue weighted by atomic mass is 32.2. The van der Waals surface area contributed by atoms with E-state index in [9.17, 15) is 22.7 Å². The van der Waals surface area contributed by atoms with E-state index in [2.05, 4.69) is 9.62 Å². The van der Waals surface area contributed by atoms with Gasteiger partial charge in [-0.05, 0) is 55.3 Å². The van der Waals surface area contributed by atoms with E-state index in [0.717, 1.165) is 43.8 Å². The average molecular weight is 493 g/mol. The molecule has 0 bridgehead atoms. The number of halogens is 2. The largest absolute Gasteiger partial charge is 0.492 e. The molecular weight excluding hydrogens is 466 g/mol. The van der Waals surface area contributed by atoms with Crippen LogP contribution in [0.15, 0.2) is 35.2 Å². The van der Waals surface area contributed by atoms with Crippen LogP contribution in [0.5, 0.6) is 5.75 Å². The Balaban J connectivity index is 1.72. The molecule has 0 saturated heterocycles. The topological polar surface area (TPSA) is 95.9 Å². The molecular formula is C24H26F2N2O5S. The van der Waals surface area contributed by atoms with Crippen molar-refractivity contribution in [2.45, 2.75) is 31.1 Å². The van der Waals surface area contributed by atoms with Gasteiger partial charge in [-0.3, -0.25) is 4.72 Å². The molecule has 2 aromatic rings. The number of hydrogen-bond acceptors (Lipinski definition) is 5. The van der Waals surface area contributed by atoms with Gasteiger partial charge >= 0.3 is 5.97 Å². The molecule has 2 N–H and O–H groups in total. The first kappa shape index (κ1) is 24.2. The van der Waals surface area contributed by atoms with Crippen LogP contribution in [0.3, 0.4) is 0 Å². The zero-order chi connectivity index (χ0) is 24.6. The summed E-state index contributed by atoms with van der Waals surface area (Å²) in [6.45, 7) is 6.37. The van der Waals surface area contributed by atoms with Crippen molar-refractivity contribution in [3.63, 3.8) is 0 Å². The number of aromatic carboxylic acids is 1. The molecule has 1 heterocycles. The van der Waals surface area contributed by atoms with E-state index in [1.807, 2.05) is 13.8 Å². The molecule has 2 aromatic carbocycles. The zero-order valence-electron chi connectivity index (χ0n) is 18.8. The molecule has 2 unspecified atom stereocenters. The van der Waals surface area contributed by atoms with E-state index in [4.69, 9.17) is 4.74 Å². The van der Waals surface area contributed by atoms with Crippen molar-refractivity contribution in [1.29, 1.82) is 0 Å². The molecule has 10 heteroatoms. The molecule has 182 valence electrons. The van der Waals surface area contributed by atoms with Crippen molar-refractivity contribution in [1.82, 2.24) is 4.90 Å². The first-order valence-electron chi connectivity index (χ1n) is 11.1. The molecule has 4 rings (SSSR count). The fourth-order valence-electron chi connectivity index (χ4n) is 4.28. The summed E-state index contributed by atoms with van der Waals surface area (Å²) in [5.41, 5.74) is -0.764. The van der Waals surface area contributed by atoms with Gasteiger partial charge in [0.15, 0.2) is 0 Å². The van der Waals surface area contributed by atoms with Crippen LogP contribution >= 0.6 is 0 Å². The molecule has 1 saturated carbocycles. The molecule has 1 aliphatic heterocycles. The Bertz CT molecular complexity index is 1260. The smallest absolute Gasteiger partial charge is 0.341 e. The zero-order valence-corrected chi connectivity index (χ0v) is 19.7. The Morgan fingerprint density at radius 1 is 1.26 bits per heavy atom. The molecule has 7 nitrogen and oxygen atoms in total. The lowest BCUT2D eigenvalue weighted by Crippen LogP contribution is -2.22. The molecule has 1 aliphatic carbocycles. The fraction of sp³-hybridized carbons (Fsp3) is 0.375. The predicted molar refractivity (Wildman–Crippen MR) is 124 cm³/mol. The van der Waals surface area contributed by atoms with E-state index in [1.165, 1.54) is 6.08 Å². The van der Waals surface area contributed by atoms with Crippen LogP contribution in [0.4, 0.5) is 14.5 Å². The average Bonchev–Trinajstić information content (AvgIpc) is 3.57. The fourth-order valence-corrected chi connectivity index (χ4v) is 5.55. The maximum Gasteiger partial charge on any atom is 0.341 e.